The normalized spacial score (nSPS) is 55.1. The van der Waals surface area contributed by atoms with E-state index in [0.29, 0.717) is 18.8 Å². The predicted octanol–water partition coefficient (Wildman–Crippen LogP) is 3.52. The van der Waals surface area contributed by atoms with Crippen LogP contribution in [0.3, 0.4) is 0 Å². The molecule has 7 N–H and O–H groups in total. The van der Waals surface area contributed by atoms with Gasteiger partial charge in [0.25, 0.3) is 0 Å². The molecular formula is C41H66O12. The van der Waals surface area contributed by atoms with Crippen LogP contribution in [-0.4, -0.2) is 116 Å². The van der Waals surface area contributed by atoms with Crippen LogP contribution < -0.4 is 0 Å². The molecular weight excluding hydrogens is 684 g/mol. The van der Waals surface area contributed by atoms with Gasteiger partial charge in [0.2, 0.25) is 0 Å². The number of allylic oxidation sites excluding steroid dienone is 2. The van der Waals surface area contributed by atoms with E-state index < -0.39 is 78.2 Å². The third kappa shape index (κ3) is 5.85. The van der Waals surface area contributed by atoms with Gasteiger partial charge in [-0.1, -0.05) is 53.2 Å². The van der Waals surface area contributed by atoms with Gasteiger partial charge >= 0.3 is 5.97 Å². The van der Waals surface area contributed by atoms with Crippen molar-refractivity contribution in [3.63, 3.8) is 0 Å². The van der Waals surface area contributed by atoms with Crippen LogP contribution in [0.4, 0.5) is 0 Å². The van der Waals surface area contributed by atoms with E-state index in [2.05, 4.69) is 47.6 Å². The fraction of sp³-hybridized carbons (Fsp3) is 0.927. The lowest BCUT2D eigenvalue weighted by molar-refractivity contribution is -0.365. The molecule has 0 spiro atoms. The van der Waals surface area contributed by atoms with Crippen LogP contribution in [0.25, 0.3) is 0 Å². The van der Waals surface area contributed by atoms with E-state index in [1.807, 2.05) is 0 Å². The first-order valence-electron chi connectivity index (χ1n) is 20.2. The minimum Gasteiger partial charge on any atom is -0.481 e. The molecule has 0 aromatic carbocycles. The second-order valence-corrected chi connectivity index (χ2v) is 20.0. The topological polar surface area (TPSA) is 196 Å². The molecule has 0 aromatic heterocycles. The zero-order chi connectivity index (χ0) is 38.7. The van der Waals surface area contributed by atoms with Gasteiger partial charge in [-0.25, -0.2) is 0 Å². The Hall–Kier alpha value is -1.19. The molecule has 0 amide bonds. The van der Waals surface area contributed by atoms with E-state index in [9.17, 15) is 40.5 Å². The van der Waals surface area contributed by atoms with Crippen LogP contribution in [0.5, 0.6) is 0 Å². The molecule has 2 heterocycles. The molecule has 18 atom stereocenters. The van der Waals surface area contributed by atoms with Gasteiger partial charge in [-0.2, -0.15) is 0 Å². The SMILES string of the molecule is C[C@@H]1OC(OC2C(OC3CC[C@@]4(C)C5CC=C6C7CC(C)(C)CC[C@@]7(C(=O)O)CCC6(C)C5(C)CCC4[C@]3(C)CO)OCC(O)C2O)C(O)C(O)C1O. The molecule has 0 aromatic rings. The molecule has 2 saturated heterocycles. The number of hydrogen-bond donors (Lipinski definition) is 7. The quantitative estimate of drug-likeness (QED) is 0.155. The van der Waals surface area contributed by atoms with Crippen molar-refractivity contribution < 1.29 is 59.5 Å². The summed E-state index contributed by atoms with van der Waals surface area (Å²) in [5.74, 6) is -0.194. The molecule has 302 valence electrons. The predicted molar refractivity (Wildman–Crippen MR) is 192 cm³/mol. The summed E-state index contributed by atoms with van der Waals surface area (Å²) in [6, 6.07) is 0. The van der Waals surface area contributed by atoms with Crippen molar-refractivity contribution in [3.8, 4) is 0 Å². The molecule has 12 heteroatoms. The highest BCUT2D eigenvalue weighted by molar-refractivity contribution is 5.76. The Kier molecular flexibility index (Phi) is 10.2. The molecule has 5 aliphatic carbocycles. The van der Waals surface area contributed by atoms with E-state index in [1.165, 1.54) is 12.5 Å². The Bertz CT molecular complexity index is 1440. The van der Waals surface area contributed by atoms with E-state index >= 15 is 0 Å². The van der Waals surface area contributed by atoms with E-state index in [0.717, 1.165) is 51.4 Å². The first-order valence-corrected chi connectivity index (χ1v) is 20.2. The van der Waals surface area contributed by atoms with Gasteiger partial charge in [-0.05, 0) is 111 Å². The summed E-state index contributed by atoms with van der Waals surface area (Å²) in [7, 11) is 0. The highest BCUT2D eigenvalue weighted by Crippen LogP contribution is 2.76. The van der Waals surface area contributed by atoms with Gasteiger partial charge in [-0.15, -0.1) is 0 Å². The van der Waals surface area contributed by atoms with Crippen molar-refractivity contribution >= 4 is 5.97 Å². The summed E-state index contributed by atoms with van der Waals surface area (Å²) in [5.41, 5.74) is -0.239. The fourth-order valence-corrected chi connectivity index (χ4v) is 13.3. The van der Waals surface area contributed by atoms with Crippen molar-refractivity contribution in [2.45, 2.75) is 174 Å². The summed E-state index contributed by atoms with van der Waals surface area (Å²) >= 11 is 0. The Labute approximate surface area is 314 Å². The van der Waals surface area contributed by atoms with Crippen LogP contribution in [0.2, 0.25) is 0 Å². The zero-order valence-corrected chi connectivity index (χ0v) is 32.7. The van der Waals surface area contributed by atoms with Crippen molar-refractivity contribution in [2.75, 3.05) is 13.2 Å². The Morgan fingerprint density at radius 1 is 0.830 bits per heavy atom. The first kappa shape index (κ1) is 40.0. The summed E-state index contributed by atoms with van der Waals surface area (Å²) in [6.45, 7) is 15.1. The monoisotopic (exact) mass is 750 g/mol. The summed E-state index contributed by atoms with van der Waals surface area (Å²) in [5, 5.41) is 74.9. The summed E-state index contributed by atoms with van der Waals surface area (Å²) < 4.78 is 24.3. The van der Waals surface area contributed by atoms with Crippen LogP contribution in [-0.2, 0) is 23.7 Å². The van der Waals surface area contributed by atoms with Crippen molar-refractivity contribution in [3.05, 3.63) is 11.6 Å². The third-order valence-corrected chi connectivity index (χ3v) is 17.0. The minimum atomic E-state index is -1.62. The van der Waals surface area contributed by atoms with E-state index in [4.69, 9.17) is 18.9 Å². The third-order valence-electron chi connectivity index (χ3n) is 17.0. The second kappa shape index (κ2) is 13.5. The van der Waals surface area contributed by atoms with Crippen molar-refractivity contribution in [1.82, 2.24) is 0 Å². The molecule has 7 rings (SSSR count). The number of ether oxygens (including phenoxy) is 4. The van der Waals surface area contributed by atoms with Crippen LogP contribution >= 0.6 is 0 Å². The minimum absolute atomic E-state index is 0.0360. The second-order valence-electron chi connectivity index (χ2n) is 20.0. The maximum absolute atomic E-state index is 13.0. The number of rotatable bonds is 6. The molecule has 2 aliphatic heterocycles. The highest BCUT2D eigenvalue weighted by Gasteiger charge is 2.70. The van der Waals surface area contributed by atoms with Crippen LogP contribution in [0.1, 0.15) is 113 Å². The molecule has 14 unspecified atom stereocenters. The number of fused-ring (bicyclic) bond motifs is 7. The average molecular weight is 751 g/mol. The number of carboxylic acids is 1. The van der Waals surface area contributed by atoms with Gasteiger partial charge in [0, 0.05) is 5.41 Å². The van der Waals surface area contributed by atoms with Gasteiger partial charge in [0.15, 0.2) is 12.6 Å². The van der Waals surface area contributed by atoms with Gasteiger partial charge in [0.05, 0.1) is 30.8 Å². The lowest BCUT2D eigenvalue weighted by Crippen LogP contribution is -2.67. The average Bonchev–Trinajstić information content (AvgIpc) is 3.10. The highest BCUT2D eigenvalue weighted by atomic mass is 16.8. The Morgan fingerprint density at radius 2 is 1.53 bits per heavy atom. The standard InChI is InChI=1S/C41H66O12/c1-21-28(44)30(46)31(47)33(51-21)53-32-29(45)24(43)19-50-34(32)52-27-11-12-37(4)25(38(27,5)20-42)10-13-40(7)26(37)9-8-22-23-18-36(2,3)14-16-41(23,35(48)49)17-15-39(22,40)6/h8,21,23-34,42-47H,9-20H2,1-7H3,(H,48,49)/t21-,23?,24?,25?,26?,27?,28?,29?,30?,31?,32?,33?,34?,37+,38-,39?,40?,41+/m0/s1. The number of carbonyl (C=O) groups is 1. The summed E-state index contributed by atoms with van der Waals surface area (Å²) in [4.78, 5) is 13.0. The lowest BCUT2D eigenvalue weighted by atomic mass is 9.33. The molecule has 12 nitrogen and oxygen atoms in total. The fourth-order valence-electron chi connectivity index (χ4n) is 13.3. The van der Waals surface area contributed by atoms with Gasteiger partial charge in [-0.3, -0.25) is 4.79 Å². The van der Waals surface area contributed by atoms with E-state index in [1.54, 1.807) is 0 Å². The number of carboxylic acid groups (broad SMARTS) is 1. The molecule has 4 saturated carbocycles. The van der Waals surface area contributed by atoms with Gasteiger partial charge < -0.3 is 54.7 Å². The van der Waals surface area contributed by atoms with Gasteiger partial charge in [0.1, 0.15) is 36.6 Å². The van der Waals surface area contributed by atoms with Crippen molar-refractivity contribution in [1.29, 1.82) is 0 Å². The molecule has 0 radical (unpaired) electrons. The lowest BCUT2D eigenvalue weighted by Gasteiger charge is -2.71. The zero-order valence-electron chi connectivity index (χ0n) is 32.7. The van der Waals surface area contributed by atoms with Crippen LogP contribution in [0.15, 0.2) is 11.6 Å². The Balaban J connectivity index is 1.15. The molecule has 0 bridgehead atoms. The number of aliphatic carboxylic acids is 1. The largest absolute Gasteiger partial charge is 0.481 e. The maximum atomic E-state index is 13.0. The smallest absolute Gasteiger partial charge is 0.310 e. The van der Waals surface area contributed by atoms with Crippen molar-refractivity contribution in [2.24, 2.45) is 50.2 Å². The molecule has 7 aliphatic rings. The maximum Gasteiger partial charge on any atom is 0.310 e. The number of hydrogen-bond acceptors (Lipinski definition) is 11. The molecule has 53 heavy (non-hydrogen) atoms. The number of aliphatic hydroxyl groups excluding tert-OH is 6. The summed E-state index contributed by atoms with van der Waals surface area (Å²) in [6.07, 6.45) is -1.79. The van der Waals surface area contributed by atoms with Crippen LogP contribution in [0, 0.1) is 50.2 Å². The Morgan fingerprint density at radius 3 is 2.21 bits per heavy atom. The first-order chi connectivity index (χ1) is 24.7. The number of aliphatic hydroxyl groups is 6. The molecule has 6 fully saturated rings. The van der Waals surface area contributed by atoms with E-state index in [-0.39, 0.29) is 46.7 Å².